The van der Waals surface area contributed by atoms with Crippen molar-refractivity contribution < 1.29 is 4.74 Å². The summed E-state index contributed by atoms with van der Waals surface area (Å²) >= 11 is 0. The number of nitrogen functional groups attached to an aromatic ring is 1. The molecule has 0 aromatic heterocycles. The third kappa shape index (κ3) is 2.11. The van der Waals surface area contributed by atoms with Crippen LogP contribution in [0.5, 0.6) is 5.75 Å². The van der Waals surface area contributed by atoms with E-state index in [1.807, 2.05) is 30.3 Å². The Morgan fingerprint density at radius 1 is 1.12 bits per heavy atom. The van der Waals surface area contributed by atoms with Gasteiger partial charge in [0.15, 0.2) is 0 Å². The van der Waals surface area contributed by atoms with E-state index in [4.69, 9.17) is 10.5 Å². The lowest BCUT2D eigenvalue weighted by Gasteiger charge is -2.13. The van der Waals surface area contributed by atoms with E-state index in [-0.39, 0.29) is 0 Å². The summed E-state index contributed by atoms with van der Waals surface area (Å²) in [5.74, 6) is 1.31. The van der Waals surface area contributed by atoms with Gasteiger partial charge in [-0.3, -0.25) is 0 Å². The number of benzene rings is 2. The predicted octanol–water partition coefficient (Wildman–Crippen LogP) is 3.46. The van der Waals surface area contributed by atoms with Crippen LogP contribution in [0.1, 0.15) is 13.8 Å². The first kappa shape index (κ1) is 10.8. The first-order valence-corrected chi connectivity index (χ1v) is 5.58. The fourth-order valence-electron chi connectivity index (χ4n) is 1.67. The van der Waals surface area contributed by atoms with Crippen molar-refractivity contribution in [2.45, 2.75) is 13.8 Å². The van der Waals surface area contributed by atoms with Crippen LogP contribution in [-0.2, 0) is 0 Å². The Morgan fingerprint density at radius 3 is 2.62 bits per heavy atom. The molecular formula is C14H17NO. The lowest BCUT2D eigenvalue weighted by molar-refractivity contribution is 0.275. The molecule has 0 saturated carbocycles. The van der Waals surface area contributed by atoms with Crippen LogP contribution in [0, 0.1) is 5.92 Å². The summed E-state index contributed by atoms with van der Waals surface area (Å²) in [7, 11) is 0. The van der Waals surface area contributed by atoms with Crippen LogP contribution in [0.25, 0.3) is 10.8 Å². The molecule has 0 aliphatic rings. The summed E-state index contributed by atoms with van der Waals surface area (Å²) in [4.78, 5) is 0. The van der Waals surface area contributed by atoms with Gasteiger partial charge in [0.1, 0.15) is 5.75 Å². The van der Waals surface area contributed by atoms with E-state index >= 15 is 0 Å². The highest BCUT2D eigenvalue weighted by molar-refractivity contribution is 5.92. The molecular weight excluding hydrogens is 198 g/mol. The number of hydrogen-bond donors (Lipinski definition) is 1. The molecule has 2 aromatic carbocycles. The Bertz CT molecular complexity index is 491. The molecule has 2 rings (SSSR count). The third-order valence-corrected chi connectivity index (χ3v) is 2.47. The second kappa shape index (κ2) is 4.44. The maximum Gasteiger partial charge on any atom is 0.149 e. The molecule has 0 unspecified atom stereocenters. The van der Waals surface area contributed by atoms with Crippen molar-refractivity contribution in [3.05, 3.63) is 36.4 Å². The van der Waals surface area contributed by atoms with Crippen molar-refractivity contribution in [1.29, 1.82) is 0 Å². The average Bonchev–Trinajstić information content (AvgIpc) is 2.27. The minimum Gasteiger partial charge on any atom is -0.491 e. The number of hydrogen-bond acceptors (Lipinski definition) is 2. The topological polar surface area (TPSA) is 35.2 Å². The standard InChI is InChI=1S/C14H17NO/c1-10(2)9-16-14-12-6-4-3-5-11(12)7-8-13(14)15/h3-8,10H,9,15H2,1-2H3. The summed E-state index contributed by atoms with van der Waals surface area (Å²) in [6.45, 7) is 4.95. The van der Waals surface area contributed by atoms with Crippen molar-refractivity contribution in [1.82, 2.24) is 0 Å². The summed E-state index contributed by atoms with van der Waals surface area (Å²) in [5.41, 5.74) is 6.66. The van der Waals surface area contributed by atoms with Gasteiger partial charge in [0.25, 0.3) is 0 Å². The normalized spacial score (nSPS) is 10.9. The molecule has 0 heterocycles. The zero-order chi connectivity index (χ0) is 11.5. The van der Waals surface area contributed by atoms with Gasteiger partial charge in [0.05, 0.1) is 12.3 Å². The molecule has 16 heavy (non-hydrogen) atoms. The molecule has 2 heteroatoms. The Hall–Kier alpha value is -1.70. The van der Waals surface area contributed by atoms with Gasteiger partial charge in [-0.2, -0.15) is 0 Å². The fourth-order valence-corrected chi connectivity index (χ4v) is 1.67. The molecule has 2 N–H and O–H groups in total. The van der Waals surface area contributed by atoms with Crippen LogP contribution in [0.4, 0.5) is 5.69 Å². The quantitative estimate of drug-likeness (QED) is 0.796. The van der Waals surface area contributed by atoms with E-state index in [2.05, 4.69) is 19.9 Å². The first-order chi connectivity index (χ1) is 7.68. The average molecular weight is 215 g/mol. The van der Waals surface area contributed by atoms with Crippen LogP contribution < -0.4 is 10.5 Å². The monoisotopic (exact) mass is 215 g/mol. The largest absolute Gasteiger partial charge is 0.491 e. The van der Waals surface area contributed by atoms with Gasteiger partial charge in [-0.1, -0.05) is 44.2 Å². The van der Waals surface area contributed by atoms with Crippen molar-refractivity contribution in [2.75, 3.05) is 12.3 Å². The zero-order valence-corrected chi connectivity index (χ0v) is 9.73. The molecule has 0 spiro atoms. The number of anilines is 1. The lowest BCUT2D eigenvalue weighted by Crippen LogP contribution is -2.06. The van der Waals surface area contributed by atoms with Crippen LogP contribution in [0.2, 0.25) is 0 Å². The van der Waals surface area contributed by atoms with Gasteiger partial charge >= 0.3 is 0 Å². The Morgan fingerprint density at radius 2 is 1.88 bits per heavy atom. The molecule has 2 nitrogen and oxygen atoms in total. The number of nitrogens with two attached hydrogens (primary N) is 1. The summed E-state index contributed by atoms with van der Waals surface area (Å²) in [6, 6.07) is 12.1. The van der Waals surface area contributed by atoms with Gasteiger partial charge < -0.3 is 10.5 Å². The van der Waals surface area contributed by atoms with Crippen LogP contribution in [0.3, 0.4) is 0 Å². The smallest absolute Gasteiger partial charge is 0.149 e. The minimum absolute atomic E-state index is 0.498. The van der Waals surface area contributed by atoms with Gasteiger partial charge in [-0.25, -0.2) is 0 Å². The van der Waals surface area contributed by atoms with Gasteiger partial charge in [-0.15, -0.1) is 0 Å². The van der Waals surface area contributed by atoms with Gasteiger partial charge in [0, 0.05) is 5.39 Å². The molecule has 0 saturated heterocycles. The minimum atomic E-state index is 0.498. The molecule has 0 aliphatic heterocycles. The van der Waals surface area contributed by atoms with E-state index in [9.17, 15) is 0 Å². The third-order valence-electron chi connectivity index (χ3n) is 2.47. The maximum atomic E-state index is 5.95. The molecule has 0 fully saturated rings. The second-order valence-corrected chi connectivity index (χ2v) is 4.41. The Kier molecular flexibility index (Phi) is 3.00. The van der Waals surface area contributed by atoms with E-state index < -0.39 is 0 Å². The van der Waals surface area contributed by atoms with E-state index in [0.717, 1.165) is 16.5 Å². The molecule has 0 amide bonds. The predicted molar refractivity (Wildman–Crippen MR) is 68.7 cm³/mol. The molecule has 2 aromatic rings. The highest BCUT2D eigenvalue weighted by Crippen LogP contribution is 2.31. The van der Waals surface area contributed by atoms with Gasteiger partial charge in [0.2, 0.25) is 0 Å². The van der Waals surface area contributed by atoms with Crippen molar-refractivity contribution >= 4 is 16.5 Å². The van der Waals surface area contributed by atoms with Crippen LogP contribution in [0.15, 0.2) is 36.4 Å². The van der Waals surface area contributed by atoms with Crippen molar-refractivity contribution in [3.8, 4) is 5.75 Å². The fraction of sp³-hybridized carbons (Fsp3) is 0.286. The van der Waals surface area contributed by atoms with Crippen LogP contribution >= 0.6 is 0 Å². The summed E-state index contributed by atoms with van der Waals surface area (Å²) in [6.07, 6.45) is 0. The van der Waals surface area contributed by atoms with E-state index in [1.165, 1.54) is 0 Å². The Labute approximate surface area is 96.0 Å². The van der Waals surface area contributed by atoms with Crippen molar-refractivity contribution in [3.63, 3.8) is 0 Å². The summed E-state index contributed by atoms with van der Waals surface area (Å²) in [5, 5.41) is 2.25. The molecule has 0 aliphatic carbocycles. The molecule has 0 atom stereocenters. The molecule has 0 radical (unpaired) electrons. The second-order valence-electron chi connectivity index (χ2n) is 4.41. The number of rotatable bonds is 3. The maximum absolute atomic E-state index is 5.95. The number of fused-ring (bicyclic) bond motifs is 1. The number of ether oxygens (including phenoxy) is 1. The lowest BCUT2D eigenvalue weighted by atomic mass is 10.1. The SMILES string of the molecule is CC(C)COc1c(N)ccc2ccccc12. The van der Waals surface area contributed by atoms with E-state index in [0.29, 0.717) is 18.2 Å². The highest BCUT2D eigenvalue weighted by Gasteiger charge is 2.06. The van der Waals surface area contributed by atoms with E-state index in [1.54, 1.807) is 0 Å². The van der Waals surface area contributed by atoms with Crippen molar-refractivity contribution in [2.24, 2.45) is 5.92 Å². The zero-order valence-electron chi connectivity index (χ0n) is 9.73. The van der Waals surface area contributed by atoms with Crippen LogP contribution in [-0.4, -0.2) is 6.61 Å². The first-order valence-electron chi connectivity index (χ1n) is 5.58. The molecule has 84 valence electrons. The highest BCUT2D eigenvalue weighted by atomic mass is 16.5. The Balaban J connectivity index is 2.44. The molecule has 0 bridgehead atoms. The summed E-state index contributed by atoms with van der Waals surface area (Å²) < 4.78 is 5.79. The van der Waals surface area contributed by atoms with Gasteiger partial charge in [-0.05, 0) is 17.4 Å².